The van der Waals surface area contributed by atoms with Crippen LogP contribution in [0.2, 0.25) is 0 Å². The Morgan fingerprint density at radius 3 is 2.82 bits per heavy atom. The second kappa shape index (κ2) is 6.88. The van der Waals surface area contributed by atoms with Crippen LogP contribution >= 0.6 is 0 Å². The van der Waals surface area contributed by atoms with Crippen LogP contribution in [-0.2, 0) is 9.59 Å². The molecule has 1 aliphatic rings. The molecule has 0 bridgehead atoms. The largest absolute Gasteiger partial charge is 0.486 e. The van der Waals surface area contributed by atoms with Crippen molar-refractivity contribution in [2.24, 2.45) is 0 Å². The first-order chi connectivity index (χ1) is 10.5. The number of carboxylic acid groups (broad SMARTS) is 1. The second-order valence-electron chi connectivity index (χ2n) is 4.91. The lowest BCUT2D eigenvalue weighted by Gasteiger charge is -2.21. The molecule has 1 saturated heterocycles. The monoisotopic (exact) mass is 308 g/mol. The van der Waals surface area contributed by atoms with Crippen molar-refractivity contribution in [2.45, 2.75) is 25.3 Å². The van der Waals surface area contributed by atoms with Gasteiger partial charge in [0.1, 0.15) is 6.04 Å². The number of hydrogen-bond acceptors (Lipinski definition) is 5. The molecule has 1 heterocycles. The standard InChI is InChI=1S/C14H16N2O6/c17-13(15-8-3-5-11(15)14(18)19)7-9-22-12-6-2-1-4-10(12)16(20)21/h1-2,4,6,11H,3,5,7-9H2,(H,18,19). The van der Waals surface area contributed by atoms with Crippen LogP contribution in [0.5, 0.6) is 5.75 Å². The van der Waals surface area contributed by atoms with Crippen molar-refractivity contribution in [2.75, 3.05) is 13.2 Å². The van der Waals surface area contributed by atoms with Crippen molar-refractivity contribution < 1.29 is 24.4 Å². The smallest absolute Gasteiger partial charge is 0.326 e. The molecule has 1 N–H and O–H groups in total. The number of nitro groups is 1. The number of carboxylic acids is 1. The molecule has 8 heteroatoms. The van der Waals surface area contributed by atoms with E-state index in [-0.39, 0.29) is 30.4 Å². The van der Waals surface area contributed by atoms with E-state index in [0.29, 0.717) is 19.4 Å². The maximum absolute atomic E-state index is 12.0. The van der Waals surface area contributed by atoms with E-state index in [9.17, 15) is 19.7 Å². The van der Waals surface area contributed by atoms with Gasteiger partial charge < -0.3 is 14.7 Å². The molecule has 1 fully saturated rings. The van der Waals surface area contributed by atoms with Gasteiger partial charge in [0.25, 0.3) is 0 Å². The van der Waals surface area contributed by atoms with Crippen LogP contribution in [0.3, 0.4) is 0 Å². The van der Waals surface area contributed by atoms with Crippen LogP contribution < -0.4 is 4.74 Å². The van der Waals surface area contributed by atoms with Gasteiger partial charge in [-0.15, -0.1) is 0 Å². The Morgan fingerprint density at radius 2 is 2.14 bits per heavy atom. The third-order valence-electron chi connectivity index (χ3n) is 3.49. The highest BCUT2D eigenvalue weighted by atomic mass is 16.6. The minimum atomic E-state index is -1.01. The van der Waals surface area contributed by atoms with Gasteiger partial charge in [0.05, 0.1) is 18.0 Å². The van der Waals surface area contributed by atoms with Gasteiger partial charge in [0.2, 0.25) is 5.91 Å². The van der Waals surface area contributed by atoms with E-state index in [1.54, 1.807) is 6.07 Å². The number of hydrogen-bond donors (Lipinski definition) is 1. The summed E-state index contributed by atoms with van der Waals surface area (Å²) in [5, 5.41) is 19.9. The van der Waals surface area contributed by atoms with E-state index in [1.165, 1.54) is 23.1 Å². The van der Waals surface area contributed by atoms with Crippen molar-refractivity contribution in [3.8, 4) is 5.75 Å². The summed E-state index contributed by atoms with van der Waals surface area (Å²) in [6, 6.07) is 5.12. The van der Waals surface area contributed by atoms with Gasteiger partial charge in [-0.2, -0.15) is 0 Å². The molecule has 8 nitrogen and oxygen atoms in total. The van der Waals surface area contributed by atoms with E-state index in [4.69, 9.17) is 9.84 Å². The highest BCUT2D eigenvalue weighted by molar-refractivity contribution is 5.84. The van der Waals surface area contributed by atoms with E-state index in [1.807, 2.05) is 0 Å². The van der Waals surface area contributed by atoms with Gasteiger partial charge >= 0.3 is 11.7 Å². The number of aliphatic carboxylic acids is 1. The minimum absolute atomic E-state index is 0.0180. The van der Waals surface area contributed by atoms with Crippen molar-refractivity contribution in [3.63, 3.8) is 0 Å². The molecule has 22 heavy (non-hydrogen) atoms. The maximum Gasteiger partial charge on any atom is 0.326 e. The van der Waals surface area contributed by atoms with Crippen LogP contribution in [0.25, 0.3) is 0 Å². The predicted octanol–water partition coefficient (Wildman–Crippen LogP) is 1.44. The van der Waals surface area contributed by atoms with Crippen LogP contribution in [0.4, 0.5) is 5.69 Å². The lowest BCUT2D eigenvalue weighted by Crippen LogP contribution is -2.40. The summed E-state index contributed by atoms with van der Waals surface area (Å²) in [6.07, 6.45) is 1.09. The zero-order valence-corrected chi connectivity index (χ0v) is 11.8. The molecule has 1 aromatic rings. The van der Waals surface area contributed by atoms with Crippen molar-refractivity contribution in [3.05, 3.63) is 34.4 Å². The Bertz CT molecular complexity index is 588. The van der Waals surface area contributed by atoms with E-state index in [2.05, 4.69) is 0 Å². The molecule has 0 aliphatic carbocycles. The van der Waals surface area contributed by atoms with Gasteiger partial charge in [-0.1, -0.05) is 12.1 Å². The number of carbonyl (C=O) groups is 2. The molecule has 0 spiro atoms. The second-order valence-corrected chi connectivity index (χ2v) is 4.91. The molecule has 1 aliphatic heterocycles. The lowest BCUT2D eigenvalue weighted by atomic mass is 10.2. The highest BCUT2D eigenvalue weighted by Gasteiger charge is 2.33. The lowest BCUT2D eigenvalue weighted by molar-refractivity contribution is -0.385. The first kappa shape index (κ1) is 15.7. The average Bonchev–Trinajstić information content (AvgIpc) is 2.97. The summed E-state index contributed by atoms with van der Waals surface area (Å²) in [4.78, 5) is 34.6. The van der Waals surface area contributed by atoms with E-state index in [0.717, 1.165) is 0 Å². The summed E-state index contributed by atoms with van der Waals surface area (Å²) in [7, 11) is 0. The van der Waals surface area contributed by atoms with E-state index >= 15 is 0 Å². The fourth-order valence-electron chi connectivity index (χ4n) is 2.44. The van der Waals surface area contributed by atoms with Crippen LogP contribution in [-0.4, -0.2) is 46.0 Å². The molecule has 0 saturated carbocycles. The molecular weight excluding hydrogens is 292 g/mol. The number of para-hydroxylation sites is 2. The van der Waals surface area contributed by atoms with Crippen molar-refractivity contribution in [1.29, 1.82) is 0 Å². The summed E-state index contributed by atoms with van der Waals surface area (Å²) in [6.45, 7) is 0.383. The molecule has 118 valence electrons. The van der Waals surface area contributed by atoms with Gasteiger partial charge in [0, 0.05) is 12.6 Å². The number of rotatable bonds is 6. The maximum atomic E-state index is 12.0. The number of carbonyl (C=O) groups excluding carboxylic acids is 1. The molecule has 1 amide bonds. The zero-order valence-electron chi connectivity index (χ0n) is 11.8. The van der Waals surface area contributed by atoms with Gasteiger partial charge in [-0.3, -0.25) is 14.9 Å². The Kier molecular flexibility index (Phi) is 4.92. The summed E-state index contributed by atoms with van der Waals surface area (Å²) in [5.74, 6) is -1.23. The molecule has 1 atom stereocenters. The summed E-state index contributed by atoms with van der Waals surface area (Å²) in [5.41, 5.74) is -0.167. The quantitative estimate of drug-likeness (QED) is 0.629. The molecule has 1 unspecified atom stereocenters. The van der Waals surface area contributed by atoms with Crippen LogP contribution in [0, 0.1) is 10.1 Å². The van der Waals surface area contributed by atoms with Crippen LogP contribution in [0.1, 0.15) is 19.3 Å². The topological polar surface area (TPSA) is 110 Å². The third kappa shape index (κ3) is 3.51. The van der Waals surface area contributed by atoms with Crippen molar-refractivity contribution >= 4 is 17.6 Å². The Hall–Kier alpha value is -2.64. The minimum Gasteiger partial charge on any atom is -0.486 e. The fraction of sp³-hybridized carbons (Fsp3) is 0.429. The first-order valence-electron chi connectivity index (χ1n) is 6.89. The Morgan fingerprint density at radius 1 is 1.41 bits per heavy atom. The van der Waals surface area contributed by atoms with Gasteiger partial charge in [-0.05, 0) is 18.9 Å². The fourth-order valence-corrected chi connectivity index (χ4v) is 2.44. The number of likely N-dealkylation sites (tertiary alicyclic amines) is 1. The molecule has 0 aromatic heterocycles. The molecule has 2 rings (SSSR count). The molecule has 0 radical (unpaired) electrons. The molecule has 1 aromatic carbocycles. The number of nitro benzene ring substituents is 1. The average molecular weight is 308 g/mol. The summed E-state index contributed by atoms with van der Waals surface area (Å²) < 4.78 is 5.29. The van der Waals surface area contributed by atoms with E-state index < -0.39 is 16.9 Å². The number of benzene rings is 1. The number of nitrogens with zero attached hydrogens (tertiary/aromatic N) is 2. The SMILES string of the molecule is O=C(O)C1CCCN1C(=O)CCOc1ccccc1[N+](=O)[O-]. The van der Waals surface area contributed by atoms with Crippen LogP contribution in [0.15, 0.2) is 24.3 Å². The summed E-state index contributed by atoms with van der Waals surface area (Å²) >= 11 is 0. The third-order valence-corrected chi connectivity index (χ3v) is 3.49. The van der Waals surface area contributed by atoms with Gasteiger partial charge in [0.15, 0.2) is 5.75 Å². The molecular formula is C14H16N2O6. The number of amides is 1. The Labute approximate surface area is 126 Å². The highest BCUT2D eigenvalue weighted by Crippen LogP contribution is 2.26. The normalized spacial score (nSPS) is 17.3. The zero-order chi connectivity index (χ0) is 16.1. The van der Waals surface area contributed by atoms with Crippen molar-refractivity contribution in [1.82, 2.24) is 4.90 Å². The van der Waals surface area contributed by atoms with Gasteiger partial charge in [-0.25, -0.2) is 4.79 Å². The first-order valence-corrected chi connectivity index (χ1v) is 6.89. The predicted molar refractivity (Wildman–Crippen MR) is 75.6 cm³/mol. The number of ether oxygens (including phenoxy) is 1. The Balaban J connectivity index is 1.90.